The second-order valence-corrected chi connectivity index (χ2v) is 7.13. The number of carbonyl (C=O) groups excluding carboxylic acids is 1. The lowest BCUT2D eigenvalue weighted by Gasteiger charge is -2.28. The number of aryl methyl sites for hydroxylation is 1. The molecule has 0 saturated carbocycles. The molecule has 3 rings (SSSR count). The summed E-state index contributed by atoms with van der Waals surface area (Å²) in [6, 6.07) is 4.90. The molecule has 1 aromatic carbocycles. The largest absolute Gasteiger partial charge is 0.486 e. The third-order valence-electron chi connectivity index (χ3n) is 4.57. The first-order chi connectivity index (χ1) is 15.1. The number of amidine groups is 1. The summed E-state index contributed by atoms with van der Waals surface area (Å²) < 4.78 is 62.1. The zero-order chi connectivity index (χ0) is 23.5. The monoisotopic (exact) mass is 452 g/mol. The van der Waals surface area contributed by atoms with Crippen LogP contribution < -0.4 is 15.8 Å². The first kappa shape index (κ1) is 23.0. The van der Waals surface area contributed by atoms with Crippen LogP contribution in [0.2, 0.25) is 0 Å². The van der Waals surface area contributed by atoms with Gasteiger partial charge in [-0.3, -0.25) is 4.79 Å². The number of aromatic nitrogens is 1. The molecule has 0 aliphatic carbocycles. The van der Waals surface area contributed by atoms with Gasteiger partial charge in [-0.15, -0.1) is 0 Å². The molecule has 0 fully saturated rings. The van der Waals surface area contributed by atoms with Crippen molar-refractivity contribution in [2.75, 3.05) is 18.6 Å². The summed E-state index contributed by atoms with van der Waals surface area (Å²) in [6.45, 7) is 1.34. The van der Waals surface area contributed by atoms with Gasteiger partial charge in [0.25, 0.3) is 18.4 Å². The normalized spacial score (nSPS) is 18.0. The van der Waals surface area contributed by atoms with Gasteiger partial charge in [-0.1, -0.05) is 0 Å². The van der Waals surface area contributed by atoms with Crippen LogP contribution in [0, 0.1) is 12.7 Å². The van der Waals surface area contributed by atoms with Crippen molar-refractivity contribution in [3.05, 3.63) is 64.9 Å². The number of nitrogens with zero attached hydrogens (tertiary/aromatic N) is 2. The van der Waals surface area contributed by atoms with E-state index in [1.807, 2.05) is 0 Å². The van der Waals surface area contributed by atoms with Gasteiger partial charge in [-0.05, 0) is 49.8 Å². The molecule has 1 amide bonds. The summed E-state index contributed by atoms with van der Waals surface area (Å²) in [6.07, 6.45) is -0.180. The Morgan fingerprint density at radius 3 is 2.75 bits per heavy atom. The number of hydrogen-bond donors (Lipinski definition) is 2. The molecule has 2 heterocycles. The van der Waals surface area contributed by atoms with Crippen LogP contribution in [0.15, 0.2) is 47.3 Å². The number of ether oxygens (including phenoxy) is 2. The Labute approximate surface area is 180 Å². The number of rotatable bonds is 7. The minimum Gasteiger partial charge on any atom is -0.486 e. The Balaban J connectivity index is 1.84. The van der Waals surface area contributed by atoms with Crippen LogP contribution >= 0.6 is 0 Å². The molecule has 11 heteroatoms. The van der Waals surface area contributed by atoms with Crippen molar-refractivity contribution in [2.24, 2.45) is 10.7 Å². The maximum Gasteiger partial charge on any atom is 0.288 e. The van der Waals surface area contributed by atoms with E-state index >= 15 is 0 Å². The highest BCUT2D eigenvalue weighted by Crippen LogP contribution is 2.35. The summed E-state index contributed by atoms with van der Waals surface area (Å²) in [4.78, 5) is 20.7. The van der Waals surface area contributed by atoms with Gasteiger partial charge < -0.3 is 20.5 Å². The molecule has 1 aliphatic heterocycles. The Hall–Kier alpha value is -3.63. The number of anilines is 1. The maximum absolute atomic E-state index is 14.6. The summed E-state index contributed by atoms with van der Waals surface area (Å²) in [5, 5.41) is 2.59. The van der Waals surface area contributed by atoms with E-state index < -0.39 is 37.0 Å². The van der Waals surface area contributed by atoms with Gasteiger partial charge >= 0.3 is 0 Å². The minimum absolute atomic E-state index is 0.0272. The molecule has 0 bridgehead atoms. The van der Waals surface area contributed by atoms with E-state index in [1.165, 1.54) is 31.2 Å². The molecule has 1 atom stereocenters. The topological polar surface area (TPSA) is 98.8 Å². The second-order valence-electron chi connectivity index (χ2n) is 7.13. The van der Waals surface area contributed by atoms with Crippen LogP contribution in [0.1, 0.15) is 28.5 Å². The molecule has 3 N–H and O–H groups in total. The molecule has 0 saturated heterocycles. The van der Waals surface area contributed by atoms with Crippen molar-refractivity contribution in [2.45, 2.75) is 25.8 Å². The van der Waals surface area contributed by atoms with Gasteiger partial charge in [-0.25, -0.2) is 27.5 Å². The van der Waals surface area contributed by atoms with Gasteiger partial charge in [0.15, 0.2) is 0 Å². The number of nitrogens with two attached hydrogens (primary N) is 1. The third kappa shape index (κ3) is 5.16. The molecule has 0 radical (unpaired) electrons. The maximum atomic E-state index is 14.6. The van der Waals surface area contributed by atoms with E-state index in [-0.39, 0.29) is 34.5 Å². The summed E-state index contributed by atoms with van der Waals surface area (Å²) in [7, 11) is 0. The predicted molar refractivity (Wildman–Crippen MR) is 109 cm³/mol. The lowest BCUT2D eigenvalue weighted by Crippen LogP contribution is -2.31. The van der Waals surface area contributed by atoms with E-state index in [4.69, 9.17) is 15.2 Å². The van der Waals surface area contributed by atoms with Crippen molar-refractivity contribution >= 4 is 17.6 Å². The van der Waals surface area contributed by atoms with Crippen molar-refractivity contribution < 1.29 is 31.8 Å². The number of alkyl halides is 3. The smallest absolute Gasteiger partial charge is 0.288 e. The minimum atomic E-state index is -2.64. The van der Waals surface area contributed by atoms with Gasteiger partial charge in [0.05, 0.1) is 6.20 Å². The van der Waals surface area contributed by atoms with Crippen LogP contribution in [-0.2, 0) is 10.3 Å². The van der Waals surface area contributed by atoms with Crippen LogP contribution in [-0.4, -0.2) is 36.6 Å². The number of amides is 1. The molecule has 7 nitrogen and oxygen atoms in total. The third-order valence-corrected chi connectivity index (χ3v) is 4.57. The number of nitrogens with one attached hydrogen (secondary N) is 1. The Morgan fingerprint density at radius 2 is 2.09 bits per heavy atom. The van der Waals surface area contributed by atoms with Crippen LogP contribution in [0.5, 0.6) is 5.75 Å². The van der Waals surface area contributed by atoms with E-state index in [0.29, 0.717) is 5.56 Å². The van der Waals surface area contributed by atoms with Crippen LogP contribution in [0.3, 0.4) is 0 Å². The first-order valence-corrected chi connectivity index (χ1v) is 9.41. The zero-order valence-corrected chi connectivity index (χ0v) is 17.2. The highest BCUT2D eigenvalue weighted by molar-refractivity contribution is 6.03. The highest BCUT2D eigenvalue weighted by Gasteiger charge is 2.32. The lowest BCUT2D eigenvalue weighted by molar-refractivity contribution is 0.0816. The van der Waals surface area contributed by atoms with Crippen LogP contribution in [0.25, 0.3) is 0 Å². The fourth-order valence-corrected chi connectivity index (χ4v) is 3.17. The van der Waals surface area contributed by atoms with E-state index in [2.05, 4.69) is 15.3 Å². The van der Waals surface area contributed by atoms with E-state index in [1.54, 1.807) is 6.92 Å². The average Bonchev–Trinajstić information content (AvgIpc) is 2.72. The number of aliphatic imine (C=N–C) groups is 1. The van der Waals surface area contributed by atoms with Crippen molar-refractivity contribution in [3.63, 3.8) is 0 Å². The van der Waals surface area contributed by atoms with Gasteiger partial charge in [0.2, 0.25) is 0 Å². The first-order valence-electron chi connectivity index (χ1n) is 9.41. The van der Waals surface area contributed by atoms with Crippen molar-refractivity contribution in [1.29, 1.82) is 0 Å². The highest BCUT2D eigenvalue weighted by atomic mass is 19.3. The molecule has 170 valence electrons. The Morgan fingerprint density at radius 1 is 1.34 bits per heavy atom. The van der Waals surface area contributed by atoms with Crippen molar-refractivity contribution in [1.82, 2.24) is 4.98 Å². The predicted octanol–water partition coefficient (Wildman–Crippen LogP) is 3.84. The summed E-state index contributed by atoms with van der Waals surface area (Å²) in [5.74, 6) is -1.27. The number of halogens is 4. The van der Waals surface area contributed by atoms with E-state index in [0.717, 1.165) is 12.3 Å². The Kier molecular flexibility index (Phi) is 6.66. The fraction of sp³-hybridized carbons (Fsp3) is 0.286. The van der Waals surface area contributed by atoms with Crippen LogP contribution in [0.4, 0.5) is 23.2 Å². The molecule has 1 aliphatic rings. The molecule has 2 aromatic rings. The number of hydrogen-bond acceptors (Lipinski definition) is 6. The van der Waals surface area contributed by atoms with Gasteiger partial charge in [0, 0.05) is 11.3 Å². The summed E-state index contributed by atoms with van der Waals surface area (Å²) >= 11 is 0. The van der Waals surface area contributed by atoms with Gasteiger partial charge in [0.1, 0.15) is 41.8 Å². The van der Waals surface area contributed by atoms with Gasteiger partial charge in [-0.2, -0.15) is 0 Å². The molecule has 0 spiro atoms. The SMILES string of the molecule is Cc1cc(OCC(F)F)cnc1C(=O)Nc1ccc(F)c(C2(C)C=C(CF)OC(N)=N2)c1. The number of benzene rings is 1. The molecule has 1 aromatic heterocycles. The quantitative estimate of drug-likeness (QED) is 0.622. The molecule has 1 unspecified atom stereocenters. The second kappa shape index (κ2) is 9.25. The summed E-state index contributed by atoms with van der Waals surface area (Å²) in [5.41, 5.74) is 4.92. The van der Waals surface area contributed by atoms with E-state index in [9.17, 15) is 22.4 Å². The standard InChI is InChI=1S/C21H20F4N4O3/c1-11-5-13(31-10-17(24)25)9-27-18(11)19(30)28-12-3-4-16(23)15(6-12)21(2)7-14(8-22)32-20(26)29-21/h3-7,9,17H,8,10H2,1-2H3,(H2,26,29)(H,28,30). The molecule has 32 heavy (non-hydrogen) atoms. The number of pyridine rings is 1. The average molecular weight is 452 g/mol. The number of allylic oxidation sites excluding steroid dienone is 1. The Bertz CT molecular complexity index is 1090. The molecular formula is C21H20F4N4O3. The zero-order valence-electron chi connectivity index (χ0n) is 17.2. The number of carbonyl (C=O) groups is 1. The lowest BCUT2D eigenvalue weighted by atomic mass is 9.90. The fourth-order valence-electron chi connectivity index (χ4n) is 3.17. The van der Waals surface area contributed by atoms with Crippen molar-refractivity contribution in [3.8, 4) is 5.75 Å². The molecular weight excluding hydrogens is 432 g/mol.